The largest absolute Gasteiger partial charge is 0.482 e. The van der Waals surface area contributed by atoms with E-state index >= 15 is 0 Å². The number of hydrogen-bond acceptors (Lipinski definition) is 1. The van der Waals surface area contributed by atoms with E-state index in [-0.39, 0.29) is 0 Å². The second kappa shape index (κ2) is 2.86. The van der Waals surface area contributed by atoms with Gasteiger partial charge in [-0.25, -0.2) is 0 Å². The molecule has 2 aromatic rings. The van der Waals surface area contributed by atoms with Gasteiger partial charge >= 0.3 is 0 Å². The van der Waals surface area contributed by atoms with Crippen molar-refractivity contribution in [3.8, 4) is 5.75 Å². The summed E-state index contributed by atoms with van der Waals surface area (Å²) in [5.41, 5.74) is 0. The van der Waals surface area contributed by atoms with E-state index in [1.165, 1.54) is 5.39 Å². The van der Waals surface area contributed by atoms with Crippen LogP contribution in [0.4, 0.5) is 0 Å². The summed E-state index contributed by atoms with van der Waals surface area (Å²) in [7, 11) is 5.04. The molecule has 0 atom stereocenters. The van der Waals surface area contributed by atoms with Crippen molar-refractivity contribution in [2.45, 2.75) is 0 Å². The quantitative estimate of drug-likeness (QED) is 0.616. The molecule has 2 aromatic carbocycles. The Morgan fingerprint density at radius 3 is 2.42 bits per heavy atom. The third-order valence-corrected chi connectivity index (χ3v) is 1.86. The molecule has 0 saturated heterocycles. The third-order valence-electron chi connectivity index (χ3n) is 1.86. The van der Waals surface area contributed by atoms with Crippen LogP contribution in [0.25, 0.3) is 10.8 Å². The molecule has 2 rings (SSSR count). The zero-order valence-corrected chi connectivity index (χ0v) is 6.53. The lowest BCUT2D eigenvalue weighted by Gasteiger charge is -2.00. The van der Waals surface area contributed by atoms with Gasteiger partial charge in [-0.05, 0) is 22.9 Å². The Morgan fingerprint density at radius 2 is 1.67 bits per heavy atom. The van der Waals surface area contributed by atoms with Gasteiger partial charge < -0.3 is 4.74 Å². The summed E-state index contributed by atoms with van der Waals surface area (Å²) < 4.78 is 4.62. The molecule has 1 nitrogen and oxygen atoms in total. The van der Waals surface area contributed by atoms with Crippen molar-refractivity contribution in [2.24, 2.45) is 0 Å². The summed E-state index contributed by atoms with van der Waals surface area (Å²) in [6, 6.07) is 13.8. The molecule has 0 unspecified atom stereocenters. The Balaban J connectivity index is 2.67. The Bertz CT molecular complexity index is 393. The minimum atomic E-state index is 0.689. The molecule has 0 aromatic heterocycles. The summed E-state index contributed by atoms with van der Waals surface area (Å²) in [5, 5.41) is 2.33. The molecule has 0 aliphatic carbocycles. The highest BCUT2D eigenvalue weighted by Gasteiger charge is 1.93. The Morgan fingerprint density at radius 1 is 0.917 bits per heavy atom. The monoisotopic (exact) mass is 156 g/mol. The average molecular weight is 156 g/mol. The normalized spacial score (nSPS) is 10.1. The zero-order valence-electron chi connectivity index (χ0n) is 6.53. The van der Waals surface area contributed by atoms with Crippen LogP contribution < -0.4 is 4.74 Å². The lowest BCUT2D eigenvalue weighted by Crippen LogP contribution is -1.78. The number of fused-ring (bicyclic) bond motifs is 1. The molecule has 12 heavy (non-hydrogen) atoms. The van der Waals surface area contributed by atoms with Crippen molar-refractivity contribution in [3.05, 3.63) is 49.6 Å². The predicted octanol–water partition coefficient (Wildman–Crippen LogP) is 2.89. The lowest BCUT2D eigenvalue weighted by atomic mass is 10.1. The van der Waals surface area contributed by atoms with Crippen molar-refractivity contribution >= 4 is 10.8 Å². The lowest BCUT2D eigenvalue weighted by molar-refractivity contribution is 0.474. The van der Waals surface area contributed by atoms with E-state index in [0.29, 0.717) is 5.75 Å². The van der Waals surface area contributed by atoms with E-state index < -0.39 is 0 Å². The molecule has 58 valence electrons. The van der Waals surface area contributed by atoms with Crippen molar-refractivity contribution in [1.29, 1.82) is 0 Å². The van der Waals surface area contributed by atoms with Crippen molar-refractivity contribution in [1.82, 2.24) is 0 Å². The SMILES string of the molecule is [CH]Oc1ccc2ccccc2c1. The van der Waals surface area contributed by atoms with Crippen molar-refractivity contribution in [3.63, 3.8) is 0 Å². The molecule has 0 aliphatic rings. The van der Waals surface area contributed by atoms with Gasteiger partial charge in [0.15, 0.2) is 7.11 Å². The first-order valence-electron chi connectivity index (χ1n) is 3.76. The molecule has 0 fully saturated rings. The number of ether oxygens (including phenoxy) is 1. The number of rotatable bonds is 1. The fraction of sp³-hybridized carbons (Fsp3) is 0. The Kier molecular flexibility index (Phi) is 1.71. The molecular formula is C11H8O. The van der Waals surface area contributed by atoms with Gasteiger partial charge in [-0.2, -0.15) is 0 Å². The maximum atomic E-state index is 5.04. The maximum Gasteiger partial charge on any atom is 0.180 e. The molecular weight excluding hydrogens is 148 g/mol. The molecule has 0 N–H and O–H groups in total. The first kappa shape index (κ1) is 7.17. The van der Waals surface area contributed by atoms with Crippen LogP contribution >= 0.6 is 0 Å². The first-order valence-corrected chi connectivity index (χ1v) is 3.76. The average Bonchev–Trinajstić information content (AvgIpc) is 2.17. The van der Waals surface area contributed by atoms with Gasteiger partial charge in [-0.15, -0.1) is 0 Å². The van der Waals surface area contributed by atoms with Crippen LogP contribution in [0.3, 0.4) is 0 Å². The second-order valence-corrected chi connectivity index (χ2v) is 2.63. The topological polar surface area (TPSA) is 9.23 Å². The third kappa shape index (κ3) is 1.14. The van der Waals surface area contributed by atoms with Crippen molar-refractivity contribution < 1.29 is 4.74 Å². The van der Waals surface area contributed by atoms with E-state index in [1.807, 2.05) is 36.4 Å². The van der Waals surface area contributed by atoms with Gasteiger partial charge in [-0.3, -0.25) is 0 Å². The molecule has 0 aliphatic heterocycles. The van der Waals surface area contributed by atoms with E-state index in [9.17, 15) is 0 Å². The maximum absolute atomic E-state index is 5.04. The van der Waals surface area contributed by atoms with Crippen LogP contribution in [-0.2, 0) is 0 Å². The van der Waals surface area contributed by atoms with E-state index in [1.54, 1.807) is 0 Å². The highest BCUT2D eigenvalue weighted by atomic mass is 16.5. The minimum absolute atomic E-state index is 0.689. The van der Waals surface area contributed by atoms with Gasteiger partial charge in [0.05, 0.1) is 0 Å². The number of hydrogen-bond donors (Lipinski definition) is 0. The summed E-state index contributed by atoms with van der Waals surface area (Å²) in [6.45, 7) is 0. The Labute approximate surface area is 71.6 Å². The number of benzene rings is 2. The van der Waals surface area contributed by atoms with Gasteiger partial charge in [0, 0.05) is 0 Å². The summed E-state index contributed by atoms with van der Waals surface area (Å²) >= 11 is 0. The minimum Gasteiger partial charge on any atom is -0.482 e. The molecule has 0 spiro atoms. The van der Waals surface area contributed by atoms with Gasteiger partial charge in [-0.1, -0.05) is 30.3 Å². The smallest absolute Gasteiger partial charge is 0.180 e. The molecule has 1 heteroatoms. The highest BCUT2D eigenvalue weighted by Crippen LogP contribution is 2.19. The summed E-state index contributed by atoms with van der Waals surface area (Å²) in [4.78, 5) is 0. The fourth-order valence-electron chi connectivity index (χ4n) is 1.24. The molecule has 2 radical (unpaired) electrons. The zero-order chi connectivity index (χ0) is 8.39. The molecule has 0 bridgehead atoms. The van der Waals surface area contributed by atoms with Crippen LogP contribution in [0, 0.1) is 7.11 Å². The van der Waals surface area contributed by atoms with Crippen LogP contribution in [0.5, 0.6) is 5.75 Å². The Hall–Kier alpha value is -1.50. The van der Waals surface area contributed by atoms with E-state index in [4.69, 9.17) is 7.11 Å². The van der Waals surface area contributed by atoms with Crippen LogP contribution in [0.2, 0.25) is 0 Å². The van der Waals surface area contributed by atoms with E-state index in [2.05, 4.69) is 10.8 Å². The molecule has 0 amide bonds. The molecule has 0 saturated carbocycles. The van der Waals surface area contributed by atoms with Crippen molar-refractivity contribution in [2.75, 3.05) is 0 Å². The summed E-state index contributed by atoms with van der Waals surface area (Å²) in [5.74, 6) is 0.689. The van der Waals surface area contributed by atoms with Gasteiger partial charge in [0.1, 0.15) is 5.75 Å². The predicted molar refractivity (Wildman–Crippen MR) is 48.9 cm³/mol. The van der Waals surface area contributed by atoms with Gasteiger partial charge in [0.25, 0.3) is 0 Å². The van der Waals surface area contributed by atoms with Crippen LogP contribution in [0.1, 0.15) is 0 Å². The van der Waals surface area contributed by atoms with Crippen LogP contribution in [-0.4, -0.2) is 0 Å². The highest BCUT2D eigenvalue weighted by molar-refractivity contribution is 5.83. The first-order chi connectivity index (χ1) is 5.90. The van der Waals surface area contributed by atoms with Crippen LogP contribution in [0.15, 0.2) is 42.5 Å². The van der Waals surface area contributed by atoms with E-state index in [0.717, 1.165) is 5.39 Å². The van der Waals surface area contributed by atoms with Gasteiger partial charge in [0.2, 0.25) is 0 Å². The standard InChI is InChI=1S/C11H8O/c1-12-11-7-6-9-4-2-3-5-10(9)8-11/h1-8H. The fourth-order valence-corrected chi connectivity index (χ4v) is 1.24. The molecule has 0 heterocycles. The summed E-state index contributed by atoms with van der Waals surface area (Å²) in [6.07, 6.45) is 0. The second-order valence-electron chi connectivity index (χ2n) is 2.63.